The van der Waals surface area contributed by atoms with Gasteiger partial charge in [-0.3, -0.25) is 9.59 Å². The van der Waals surface area contributed by atoms with Crippen LogP contribution < -0.4 is 0 Å². The van der Waals surface area contributed by atoms with Crippen molar-refractivity contribution in [3.63, 3.8) is 0 Å². The number of carbonyl (C=O) groups excluding carboxylic acids is 3. The Labute approximate surface area is 361 Å². The van der Waals surface area contributed by atoms with Gasteiger partial charge >= 0.3 is 18.1 Å². The molecule has 11 nitrogen and oxygen atoms in total. The first-order valence-electron chi connectivity index (χ1n) is 24.2. The van der Waals surface area contributed by atoms with E-state index in [-0.39, 0.29) is 44.7 Å². The molecule has 348 valence electrons. The molecular weight excluding hydrogens is 751 g/mol. The predicted molar refractivity (Wildman–Crippen MR) is 238 cm³/mol. The van der Waals surface area contributed by atoms with Gasteiger partial charge in [0.05, 0.1) is 31.5 Å². The number of unbranched alkanes of at least 4 members (excludes halogenated alkanes) is 17. The van der Waals surface area contributed by atoms with Crippen molar-refractivity contribution in [2.45, 2.75) is 208 Å². The third-order valence-electron chi connectivity index (χ3n) is 10.5. The fourth-order valence-electron chi connectivity index (χ4n) is 6.49. The van der Waals surface area contributed by atoms with Gasteiger partial charge in [-0.2, -0.15) is 0 Å². The van der Waals surface area contributed by atoms with Gasteiger partial charge in [0.25, 0.3) is 0 Å². The molecule has 1 atom stereocenters. The van der Waals surface area contributed by atoms with Crippen LogP contribution in [-0.2, 0) is 42.7 Å². The predicted octanol–water partition coefficient (Wildman–Crippen LogP) is 12.3. The molecule has 0 N–H and O–H groups in total. The summed E-state index contributed by atoms with van der Waals surface area (Å²) in [6.07, 6.45) is 24.6. The quantitative estimate of drug-likeness (QED) is 0.0192. The number of hydrogen-bond acceptors (Lipinski definition) is 11. The highest BCUT2D eigenvalue weighted by Crippen LogP contribution is 2.16. The molecule has 0 saturated carbocycles. The Morgan fingerprint density at radius 3 is 1.46 bits per heavy atom. The molecule has 0 aliphatic rings. The molecule has 0 heterocycles. The fraction of sp³-hybridized carbons (Fsp3) is 0.896. The summed E-state index contributed by atoms with van der Waals surface area (Å²) >= 11 is 0. The highest BCUT2D eigenvalue weighted by atomic mass is 16.7. The first-order valence-corrected chi connectivity index (χ1v) is 24.2. The van der Waals surface area contributed by atoms with E-state index in [9.17, 15) is 14.4 Å². The zero-order chi connectivity index (χ0) is 43.4. The van der Waals surface area contributed by atoms with E-state index in [0.29, 0.717) is 57.7 Å². The van der Waals surface area contributed by atoms with Crippen LogP contribution in [0, 0.1) is 5.92 Å². The van der Waals surface area contributed by atoms with Crippen molar-refractivity contribution in [2.24, 2.45) is 5.92 Å². The average Bonchev–Trinajstić information content (AvgIpc) is 3.23. The number of allylic oxidation sites excluding steroid dienone is 1. The number of ether oxygens (including phenoxy) is 7. The monoisotopic (exact) mass is 842 g/mol. The van der Waals surface area contributed by atoms with Crippen LogP contribution in [0.4, 0.5) is 4.79 Å². The Balaban J connectivity index is 4.87. The number of hydrogen-bond donors (Lipinski definition) is 0. The smallest absolute Gasteiger partial charge is 0.498 e. The molecule has 0 aromatic rings. The Morgan fingerprint density at radius 1 is 0.458 bits per heavy atom. The molecule has 0 spiro atoms. The molecule has 0 aliphatic heterocycles. The zero-order valence-electron chi connectivity index (χ0n) is 38.8. The van der Waals surface area contributed by atoms with Crippen LogP contribution in [-0.4, -0.2) is 95.2 Å². The van der Waals surface area contributed by atoms with Crippen molar-refractivity contribution in [1.29, 1.82) is 0 Å². The fourth-order valence-corrected chi connectivity index (χ4v) is 6.49. The Kier molecular flexibility index (Phi) is 42.0. The third-order valence-corrected chi connectivity index (χ3v) is 10.5. The summed E-state index contributed by atoms with van der Waals surface area (Å²) in [5, 5.41) is 0. The summed E-state index contributed by atoms with van der Waals surface area (Å²) in [6, 6.07) is 0. The second-order valence-corrected chi connectivity index (χ2v) is 16.0. The Hall–Kier alpha value is -2.37. The molecule has 0 fully saturated rings. The molecule has 0 rings (SSSR count). The molecule has 0 bridgehead atoms. The van der Waals surface area contributed by atoms with E-state index in [2.05, 4.69) is 46.1 Å². The molecule has 0 aromatic heterocycles. The van der Waals surface area contributed by atoms with Crippen molar-refractivity contribution in [1.82, 2.24) is 4.90 Å². The van der Waals surface area contributed by atoms with Crippen molar-refractivity contribution in [3.05, 3.63) is 12.3 Å². The SMILES string of the molecule is C=C(CCC(OCCCCCCCC)OCCCCCCCC)OCC(COC(=O)CCCCCCCC(=O)OCCCCCC)COC(=O)OCCCN(CC)CC. The molecule has 0 aliphatic carbocycles. The number of carbonyl (C=O) groups is 3. The first-order chi connectivity index (χ1) is 28.8. The van der Waals surface area contributed by atoms with E-state index in [1.54, 1.807) is 0 Å². The molecule has 0 saturated heterocycles. The van der Waals surface area contributed by atoms with Gasteiger partial charge < -0.3 is 38.1 Å². The van der Waals surface area contributed by atoms with Crippen LogP contribution in [0.1, 0.15) is 202 Å². The second-order valence-electron chi connectivity index (χ2n) is 16.0. The maximum Gasteiger partial charge on any atom is 0.508 e. The largest absolute Gasteiger partial charge is 0.508 e. The van der Waals surface area contributed by atoms with Gasteiger partial charge in [0.15, 0.2) is 6.29 Å². The lowest BCUT2D eigenvalue weighted by molar-refractivity contribution is -0.148. The van der Waals surface area contributed by atoms with Gasteiger partial charge in [0, 0.05) is 45.4 Å². The topological polar surface area (TPSA) is 119 Å². The van der Waals surface area contributed by atoms with Gasteiger partial charge in [-0.15, -0.1) is 0 Å². The van der Waals surface area contributed by atoms with Crippen LogP contribution in [0.15, 0.2) is 12.3 Å². The van der Waals surface area contributed by atoms with Gasteiger partial charge in [-0.1, -0.05) is 144 Å². The van der Waals surface area contributed by atoms with Gasteiger partial charge in [-0.05, 0) is 51.6 Å². The number of rotatable bonds is 45. The molecule has 0 radical (unpaired) electrons. The zero-order valence-corrected chi connectivity index (χ0v) is 38.8. The summed E-state index contributed by atoms with van der Waals surface area (Å²) in [6.45, 7) is 20.1. The van der Waals surface area contributed by atoms with Crippen LogP contribution in [0.3, 0.4) is 0 Å². The molecule has 0 amide bonds. The van der Waals surface area contributed by atoms with Gasteiger partial charge in [-0.25, -0.2) is 4.79 Å². The molecule has 1 unspecified atom stereocenters. The number of nitrogens with zero attached hydrogens (tertiary/aromatic N) is 1. The van der Waals surface area contributed by atoms with Crippen molar-refractivity contribution in [3.8, 4) is 0 Å². The van der Waals surface area contributed by atoms with Crippen LogP contribution in [0.2, 0.25) is 0 Å². The highest BCUT2D eigenvalue weighted by Gasteiger charge is 2.18. The van der Waals surface area contributed by atoms with E-state index >= 15 is 0 Å². The number of esters is 2. The van der Waals surface area contributed by atoms with Crippen molar-refractivity contribution < 1.29 is 47.5 Å². The maximum absolute atomic E-state index is 12.7. The summed E-state index contributed by atoms with van der Waals surface area (Å²) < 4.78 is 40.1. The van der Waals surface area contributed by atoms with E-state index in [0.717, 1.165) is 96.7 Å². The second kappa shape index (κ2) is 43.7. The molecule has 0 aromatic carbocycles. The van der Waals surface area contributed by atoms with Crippen LogP contribution in [0.25, 0.3) is 0 Å². The van der Waals surface area contributed by atoms with Crippen molar-refractivity contribution in [2.75, 3.05) is 65.9 Å². The van der Waals surface area contributed by atoms with E-state index in [1.807, 2.05) is 0 Å². The third kappa shape index (κ3) is 39.5. The molecular formula is C48H91NO10. The summed E-state index contributed by atoms with van der Waals surface area (Å²) in [5.41, 5.74) is 0. The van der Waals surface area contributed by atoms with E-state index < -0.39 is 12.1 Å². The molecule has 11 heteroatoms. The minimum absolute atomic E-state index is 0.0119. The average molecular weight is 842 g/mol. The Bertz CT molecular complexity index is 957. The van der Waals surface area contributed by atoms with Crippen LogP contribution in [0.5, 0.6) is 0 Å². The minimum Gasteiger partial charge on any atom is -0.498 e. The van der Waals surface area contributed by atoms with E-state index in [1.165, 1.54) is 57.8 Å². The first kappa shape index (κ1) is 56.6. The van der Waals surface area contributed by atoms with Crippen molar-refractivity contribution >= 4 is 18.1 Å². The Morgan fingerprint density at radius 2 is 0.898 bits per heavy atom. The summed E-state index contributed by atoms with van der Waals surface area (Å²) in [5.74, 6) is -0.234. The lowest BCUT2D eigenvalue weighted by Gasteiger charge is -2.21. The molecule has 59 heavy (non-hydrogen) atoms. The normalized spacial score (nSPS) is 11.8. The lowest BCUT2D eigenvalue weighted by Crippen LogP contribution is -2.27. The van der Waals surface area contributed by atoms with Gasteiger partial charge in [0.1, 0.15) is 13.2 Å². The van der Waals surface area contributed by atoms with Gasteiger partial charge in [0.2, 0.25) is 0 Å². The summed E-state index contributed by atoms with van der Waals surface area (Å²) in [7, 11) is 0. The summed E-state index contributed by atoms with van der Waals surface area (Å²) in [4.78, 5) is 39.3. The minimum atomic E-state index is -0.743. The highest BCUT2D eigenvalue weighted by molar-refractivity contribution is 5.69. The maximum atomic E-state index is 12.7. The van der Waals surface area contributed by atoms with Crippen LogP contribution >= 0.6 is 0 Å². The standard InChI is InChI=1S/C48H91NO10/c1-7-12-15-18-23-28-37-54-47(55-38-29-24-19-16-13-8-2)34-33-43(6)57-40-44(42-59-48(52)56-39-30-35-49(10-4)11-5)41-58-46(51)32-26-22-20-21-25-31-45(50)53-36-27-17-14-9-3/h44,47H,6-42H2,1-5H3. The lowest BCUT2D eigenvalue weighted by atomic mass is 10.1. The van der Waals surface area contributed by atoms with E-state index in [4.69, 9.17) is 33.2 Å².